The second-order valence-electron chi connectivity index (χ2n) is 6.32. The minimum absolute atomic E-state index is 0.107. The van der Waals surface area contributed by atoms with Crippen LogP contribution in [-0.2, 0) is 19.9 Å². The molecule has 4 heteroatoms. The van der Waals surface area contributed by atoms with Gasteiger partial charge in [0.25, 0.3) is 0 Å². The van der Waals surface area contributed by atoms with Crippen LogP contribution in [0.4, 0.5) is 0 Å². The summed E-state index contributed by atoms with van der Waals surface area (Å²) in [4.78, 5) is 12.7. The van der Waals surface area contributed by atoms with E-state index in [-0.39, 0.29) is 17.7 Å². The Labute approximate surface area is 124 Å². The minimum atomic E-state index is -0.877. The highest BCUT2D eigenvalue weighted by molar-refractivity contribution is 5.87. The predicted octanol–water partition coefficient (Wildman–Crippen LogP) is 2.94. The van der Waals surface area contributed by atoms with Crippen LogP contribution in [0.3, 0.4) is 0 Å². The molecular formula is C17H20O4. The third-order valence-corrected chi connectivity index (χ3v) is 4.94. The molecule has 1 spiro atoms. The molecule has 0 amide bonds. The molecule has 0 radical (unpaired) electrons. The van der Waals surface area contributed by atoms with Crippen molar-refractivity contribution in [1.29, 1.82) is 0 Å². The van der Waals surface area contributed by atoms with Gasteiger partial charge in [0.1, 0.15) is 17.5 Å². The van der Waals surface area contributed by atoms with Crippen LogP contribution >= 0.6 is 0 Å². The largest absolute Gasteiger partial charge is 0.497 e. The van der Waals surface area contributed by atoms with Crippen molar-refractivity contribution < 1.29 is 19.0 Å². The SMILES string of the molecule is COc1ccc(C2(C(=O)OC3CC3)OC23CCCC3)cc1. The summed E-state index contributed by atoms with van der Waals surface area (Å²) < 4.78 is 16.9. The fourth-order valence-electron chi connectivity index (χ4n) is 3.58. The van der Waals surface area contributed by atoms with Gasteiger partial charge in [-0.1, -0.05) is 25.0 Å². The molecule has 1 heterocycles. The Morgan fingerprint density at radius 3 is 2.43 bits per heavy atom. The Morgan fingerprint density at radius 1 is 1.19 bits per heavy atom. The number of carbonyl (C=O) groups is 1. The Balaban J connectivity index is 1.68. The maximum absolute atomic E-state index is 12.7. The highest BCUT2D eigenvalue weighted by Gasteiger charge is 2.77. The Morgan fingerprint density at radius 2 is 1.86 bits per heavy atom. The van der Waals surface area contributed by atoms with Gasteiger partial charge in [0.05, 0.1) is 7.11 Å². The van der Waals surface area contributed by atoms with Crippen LogP contribution in [0.1, 0.15) is 44.1 Å². The smallest absolute Gasteiger partial charge is 0.346 e. The quantitative estimate of drug-likeness (QED) is 0.631. The second kappa shape index (κ2) is 4.47. The zero-order valence-corrected chi connectivity index (χ0v) is 12.3. The van der Waals surface area contributed by atoms with Gasteiger partial charge in [0.15, 0.2) is 0 Å². The van der Waals surface area contributed by atoms with Gasteiger partial charge in [-0.3, -0.25) is 0 Å². The van der Waals surface area contributed by atoms with Gasteiger partial charge < -0.3 is 14.2 Å². The molecule has 2 aliphatic carbocycles. The monoisotopic (exact) mass is 288 g/mol. The van der Waals surface area contributed by atoms with Gasteiger partial charge in [0.2, 0.25) is 5.60 Å². The molecule has 1 aliphatic heterocycles. The number of methoxy groups -OCH3 is 1. The number of carbonyl (C=O) groups excluding carboxylic acids is 1. The van der Waals surface area contributed by atoms with Crippen molar-refractivity contribution in [3.63, 3.8) is 0 Å². The van der Waals surface area contributed by atoms with Crippen molar-refractivity contribution in [2.45, 2.75) is 55.8 Å². The van der Waals surface area contributed by atoms with Gasteiger partial charge in [-0.2, -0.15) is 0 Å². The fourth-order valence-corrected chi connectivity index (χ4v) is 3.58. The number of epoxide rings is 1. The molecule has 4 nitrogen and oxygen atoms in total. The van der Waals surface area contributed by atoms with Crippen LogP contribution in [0.5, 0.6) is 5.75 Å². The molecule has 0 bridgehead atoms. The summed E-state index contributed by atoms with van der Waals surface area (Å²) in [7, 11) is 1.64. The summed E-state index contributed by atoms with van der Waals surface area (Å²) in [6.07, 6.45) is 6.20. The van der Waals surface area contributed by atoms with Crippen molar-refractivity contribution >= 4 is 5.97 Å². The molecule has 0 aromatic heterocycles. The average Bonchev–Trinajstić information content (AvgIpc) is 3.37. The van der Waals surface area contributed by atoms with Crippen LogP contribution in [0.2, 0.25) is 0 Å². The molecule has 3 fully saturated rings. The van der Waals surface area contributed by atoms with E-state index < -0.39 is 5.60 Å². The number of hydrogen-bond donors (Lipinski definition) is 0. The Bertz CT molecular complexity index is 555. The lowest BCUT2D eigenvalue weighted by atomic mass is 9.85. The molecule has 1 atom stereocenters. The van der Waals surface area contributed by atoms with E-state index in [1.54, 1.807) is 7.11 Å². The molecule has 1 unspecified atom stereocenters. The summed E-state index contributed by atoms with van der Waals surface area (Å²) >= 11 is 0. The highest BCUT2D eigenvalue weighted by atomic mass is 16.7. The first-order chi connectivity index (χ1) is 10.2. The fraction of sp³-hybridized carbons (Fsp3) is 0.588. The number of benzene rings is 1. The third kappa shape index (κ3) is 1.89. The maximum Gasteiger partial charge on any atom is 0.346 e. The topological polar surface area (TPSA) is 48.1 Å². The lowest BCUT2D eigenvalue weighted by Gasteiger charge is -2.16. The number of esters is 1. The lowest BCUT2D eigenvalue weighted by Crippen LogP contribution is -2.33. The van der Waals surface area contributed by atoms with Gasteiger partial charge in [-0.05, 0) is 43.4 Å². The summed E-state index contributed by atoms with van der Waals surface area (Å²) in [6.45, 7) is 0. The van der Waals surface area contributed by atoms with E-state index in [4.69, 9.17) is 14.2 Å². The first kappa shape index (κ1) is 13.1. The molecular weight excluding hydrogens is 268 g/mol. The first-order valence-electron chi connectivity index (χ1n) is 7.76. The number of ether oxygens (including phenoxy) is 3. The molecule has 1 aromatic carbocycles. The first-order valence-corrected chi connectivity index (χ1v) is 7.76. The van der Waals surface area contributed by atoms with Crippen LogP contribution < -0.4 is 4.74 Å². The Kier molecular flexibility index (Phi) is 2.80. The molecule has 0 N–H and O–H groups in total. The highest BCUT2D eigenvalue weighted by Crippen LogP contribution is 2.64. The lowest BCUT2D eigenvalue weighted by molar-refractivity contribution is -0.151. The predicted molar refractivity (Wildman–Crippen MR) is 76.1 cm³/mol. The zero-order valence-electron chi connectivity index (χ0n) is 12.3. The van der Waals surface area contributed by atoms with E-state index in [0.29, 0.717) is 0 Å². The summed E-state index contributed by atoms with van der Waals surface area (Å²) in [6, 6.07) is 7.62. The van der Waals surface area contributed by atoms with Crippen LogP contribution in [0, 0.1) is 0 Å². The summed E-state index contributed by atoms with van der Waals surface area (Å²) in [5, 5.41) is 0. The molecule has 4 rings (SSSR count). The van der Waals surface area contributed by atoms with E-state index >= 15 is 0 Å². The summed E-state index contributed by atoms with van der Waals surface area (Å²) in [5.41, 5.74) is -0.304. The van der Waals surface area contributed by atoms with Crippen molar-refractivity contribution in [1.82, 2.24) is 0 Å². The van der Waals surface area contributed by atoms with E-state index in [9.17, 15) is 4.79 Å². The average molecular weight is 288 g/mol. The molecule has 112 valence electrons. The molecule has 1 aromatic rings. The van der Waals surface area contributed by atoms with E-state index in [1.165, 1.54) is 0 Å². The third-order valence-electron chi connectivity index (χ3n) is 4.94. The normalized spacial score (nSPS) is 29.4. The Hall–Kier alpha value is -1.55. The molecule has 2 saturated carbocycles. The van der Waals surface area contributed by atoms with E-state index in [1.807, 2.05) is 24.3 Å². The van der Waals surface area contributed by atoms with Gasteiger partial charge in [-0.15, -0.1) is 0 Å². The van der Waals surface area contributed by atoms with Gasteiger partial charge in [-0.25, -0.2) is 4.79 Å². The van der Waals surface area contributed by atoms with E-state index in [2.05, 4.69) is 0 Å². The van der Waals surface area contributed by atoms with Crippen molar-refractivity contribution in [3.05, 3.63) is 29.8 Å². The molecule has 3 aliphatic rings. The number of hydrogen-bond acceptors (Lipinski definition) is 4. The molecule has 21 heavy (non-hydrogen) atoms. The standard InChI is InChI=1S/C17H20O4/c1-19-13-6-4-12(5-7-13)17(15(18)20-14-8-9-14)16(21-17)10-2-3-11-16/h4-7,14H,2-3,8-11H2,1H3. The van der Waals surface area contributed by atoms with Crippen LogP contribution in [0.25, 0.3) is 0 Å². The number of rotatable bonds is 4. The van der Waals surface area contributed by atoms with Gasteiger partial charge in [0, 0.05) is 0 Å². The van der Waals surface area contributed by atoms with Crippen molar-refractivity contribution in [2.75, 3.05) is 7.11 Å². The minimum Gasteiger partial charge on any atom is -0.497 e. The second-order valence-corrected chi connectivity index (χ2v) is 6.32. The van der Waals surface area contributed by atoms with E-state index in [0.717, 1.165) is 49.8 Å². The van der Waals surface area contributed by atoms with Crippen LogP contribution in [-0.4, -0.2) is 24.8 Å². The van der Waals surface area contributed by atoms with Crippen LogP contribution in [0.15, 0.2) is 24.3 Å². The zero-order chi connectivity index (χ0) is 14.5. The van der Waals surface area contributed by atoms with Crippen molar-refractivity contribution in [2.24, 2.45) is 0 Å². The molecule has 1 saturated heterocycles. The summed E-state index contributed by atoms with van der Waals surface area (Å²) in [5.74, 6) is 0.586. The van der Waals surface area contributed by atoms with Crippen molar-refractivity contribution in [3.8, 4) is 5.75 Å². The van der Waals surface area contributed by atoms with Gasteiger partial charge >= 0.3 is 5.97 Å². The maximum atomic E-state index is 12.7.